The van der Waals surface area contributed by atoms with Crippen molar-refractivity contribution in [2.75, 3.05) is 19.7 Å². The second-order valence-corrected chi connectivity index (χ2v) is 20.8. The highest BCUT2D eigenvalue weighted by Gasteiger charge is 2.54. The number of nitrogens with one attached hydrogen (secondary N) is 2. The van der Waals surface area contributed by atoms with Gasteiger partial charge in [-0.1, -0.05) is 57.2 Å². The number of carboxylic acids is 1. The van der Waals surface area contributed by atoms with Crippen molar-refractivity contribution in [1.29, 1.82) is 0 Å². The van der Waals surface area contributed by atoms with Gasteiger partial charge in [0.2, 0.25) is 11.8 Å². The molecule has 68 heavy (non-hydrogen) atoms. The molecule has 1 radical (unpaired) electrons. The third-order valence-electron chi connectivity index (χ3n) is 14.5. The number of carboxylic acid groups (broad SMARTS) is 1. The molecule has 0 spiro atoms. The number of nitrogens with zero attached hydrogens (tertiary/aromatic N) is 1. The van der Waals surface area contributed by atoms with Crippen LogP contribution < -0.4 is 10.6 Å². The molecule has 5 fully saturated rings. The smallest absolute Gasteiger partial charge is 0.338 e. The summed E-state index contributed by atoms with van der Waals surface area (Å²) in [6.45, 7) is 9.89. The van der Waals surface area contributed by atoms with Crippen LogP contribution in [0.1, 0.15) is 116 Å². The molecule has 6 rings (SSSR count). The van der Waals surface area contributed by atoms with Crippen LogP contribution in [0.25, 0.3) is 0 Å². The molecule has 20 heteroatoms. The van der Waals surface area contributed by atoms with E-state index in [1.54, 1.807) is 25.1 Å². The largest absolute Gasteiger partial charge is 0.479 e. The van der Waals surface area contributed by atoms with Gasteiger partial charge in [0.25, 0.3) is 0 Å². The Balaban J connectivity index is 1.24. The van der Waals surface area contributed by atoms with Crippen LogP contribution >= 0.6 is 0 Å². The molecule has 2 saturated carbocycles. The summed E-state index contributed by atoms with van der Waals surface area (Å²) in [6.07, 6.45) is -13.5. The highest BCUT2D eigenvalue weighted by molar-refractivity contribution is 5.89. The van der Waals surface area contributed by atoms with E-state index in [2.05, 4.69) is 10.6 Å². The number of amides is 2. The molecule has 0 unspecified atom stereocenters. The topological polar surface area (TPSA) is 292 Å². The molecular formula is C48H74N3O17. The molecule has 383 valence electrons. The average Bonchev–Trinajstić information content (AvgIpc) is 3.30. The molecule has 1 aromatic rings. The lowest BCUT2D eigenvalue weighted by Crippen LogP contribution is -2.64. The van der Waals surface area contributed by atoms with Crippen molar-refractivity contribution >= 4 is 23.8 Å². The molecule has 0 bridgehead atoms. The van der Waals surface area contributed by atoms with Crippen molar-refractivity contribution in [2.45, 2.75) is 197 Å². The highest BCUT2D eigenvalue weighted by atomic mass is 16.7. The molecule has 20 nitrogen and oxygen atoms in total. The van der Waals surface area contributed by atoms with Crippen LogP contribution in [-0.2, 0) is 48.0 Å². The van der Waals surface area contributed by atoms with E-state index in [1.807, 2.05) is 27.7 Å². The number of rotatable bonds is 17. The minimum absolute atomic E-state index is 0.0244. The van der Waals surface area contributed by atoms with Gasteiger partial charge >= 0.3 is 11.9 Å². The minimum Gasteiger partial charge on any atom is -0.479 e. The number of esters is 1. The zero-order valence-electron chi connectivity index (χ0n) is 40.0. The van der Waals surface area contributed by atoms with Crippen LogP contribution in [0.5, 0.6) is 0 Å². The number of ether oxygens (including phenoxy) is 6. The van der Waals surface area contributed by atoms with Gasteiger partial charge in [0.15, 0.2) is 24.8 Å². The van der Waals surface area contributed by atoms with Crippen LogP contribution in [0.3, 0.4) is 0 Å². The number of aliphatic carboxylic acids is 1. The maximum Gasteiger partial charge on any atom is 0.338 e. The Bertz CT molecular complexity index is 1820. The Morgan fingerprint density at radius 2 is 1.38 bits per heavy atom. The van der Waals surface area contributed by atoms with Crippen LogP contribution in [-0.4, -0.2) is 170 Å². The fourth-order valence-corrected chi connectivity index (χ4v) is 10.9. The standard InChI is InChI=1S/C48H74N3O17/c1-25-19-29(41(57)49-17-18-50-42(58)30-22-47(3,4)51(62)48(5,6)23-30)21-31(38(25)68-45-37(56)36(55)34(53)26(2)63-45)65-46-40(67-44(61)28-15-11-8-12-16-28)39(35(54)33(24-52)66-46)64-32(43(59)60)20-27-13-9-7-10-14-27/h8,11-12,15-16,25-27,29-40,45-46,52-56H,7,9-10,13-14,17-24H2,1-6H3,(H,49,57)(H,50,58)(H,59,60)/t25-,26-,29+,31+,32-,33+,34+,35-,36+,37-,38+,39-,40+,45-,46+/m0/s1. The molecule has 15 atom stereocenters. The van der Waals surface area contributed by atoms with E-state index in [1.165, 1.54) is 19.1 Å². The number of hydrogen-bond donors (Lipinski definition) is 8. The predicted molar refractivity (Wildman–Crippen MR) is 238 cm³/mol. The molecule has 1 aromatic carbocycles. The Kier molecular flexibility index (Phi) is 18.4. The quantitative estimate of drug-likeness (QED) is 0.0813. The summed E-state index contributed by atoms with van der Waals surface area (Å²) in [7, 11) is 0. The summed E-state index contributed by atoms with van der Waals surface area (Å²) >= 11 is 0. The maximum atomic E-state index is 14.0. The SMILES string of the molecule is C[C@@H]1O[C@@H](O[C@@H]2[C@@H](C)C[C@@H](C(=O)NCCNC(=O)C3CC(C)(C)N([O])C(C)(C)C3)C[C@H]2O[C@@H]2O[C@H](CO)[C@H](O)[C@H](O[C@@H](CC3CCCCC3)C(=O)O)[C@H]2OC(=O)c2ccccc2)[C@@H](O)[C@H](O)[C@@H]1O. The molecular weight excluding hydrogens is 891 g/mol. The van der Waals surface area contributed by atoms with Crippen LogP contribution in [0, 0.1) is 23.7 Å². The number of hydrogen-bond acceptors (Lipinski definition) is 16. The second-order valence-electron chi connectivity index (χ2n) is 20.8. The van der Waals surface area contributed by atoms with Gasteiger partial charge in [-0.3, -0.25) is 9.59 Å². The average molecular weight is 965 g/mol. The lowest BCUT2D eigenvalue weighted by atomic mass is 9.75. The van der Waals surface area contributed by atoms with Crippen LogP contribution in [0.4, 0.5) is 0 Å². The fraction of sp³-hybridized carbons (Fsp3) is 0.792. The summed E-state index contributed by atoms with van der Waals surface area (Å²) in [5.74, 6) is -4.49. The molecule has 2 aliphatic carbocycles. The Morgan fingerprint density at radius 3 is 1.99 bits per heavy atom. The van der Waals surface area contributed by atoms with Gasteiger partial charge in [-0.2, -0.15) is 0 Å². The summed E-state index contributed by atoms with van der Waals surface area (Å²) in [6, 6.07) is 7.91. The third kappa shape index (κ3) is 12.9. The van der Waals surface area contributed by atoms with Gasteiger partial charge in [0.05, 0.1) is 30.5 Å². The normalized spacial score (nSPS) is 36.3. The first-order valence-corrected chi connectivity index (χ1v) is 24.2. The number of piperidine rings is 1. The predicted octanol–water partition coefficient (Wildman–Crippen LogP) is 1.59. The second kappa shape index (κ2) is 23.2. The molecule has 3 heterocycles. The lowest BCUT2D eigenvalue weighted by molar-refractivity contribution is -0.349. The van der Waals surface area contributed by atoms with Gasteiger partial charge in [-0.25, -0.2) is 9.59 Å². The van der Waals surface area contributed by atoms with E-state index < -0.39 is 133 Å². The van der Waals surface area contributed by atoms with Gasteiger partial charge in [-0.05, 0) is 90.7 Å². The van der Waals surface area contributed by atoms with Crippen molar-refractivity contribution in [1.82, 2.24) is 15.7 Å². The first-order valence-electron chi connectivity index (χ1n) is 24.2. The van der Waals surface area contributed by atoms with E-state index in [4.69, 9.17) is 28.4 Å². The third-order valence-corrected chi connectivity index (χ3v) is 14.5. The Hall–Kier alpha value is -3.38. The number of carbonyl (C=O) groups is 4. The molecule has 3 saturated heterocycles. The number of carbonyl (C=O) groups excluding carboxylic acids is 3. The van der Waals surface area contributed by atoms with Crippen LogP contribution in [0.15, 0.2) is 30.3 Å². The van der Waals surface area contributed by atoms with Crippen molar-refractivity contribution in [3.8, 4) is 0 Å². The Morgan fingerprint density at radius 1 is 0.765 bits per heavy atom. The van der Waals surface area contributed by atoms with E-state index in [9.17, 15) is 55.0 Å². The number of hydroxylamine groups is 2. The van der Waals surface area contributed by atoms with Gasteiger partial charge < -0.3 is 69.7 Å². The Labute approximate surface area is 397 Å². The van der Waals surface area contributed by atoms with Crippen molar-refractivity contribution < 1.29 is 83.4 Å². The summed E-state index contributed by atoms with van der Waals surface area (Å²) in [5.41, 5.74) is -1.38. The molecule has 0 aromatic heterocycles. The monoisotopic (exact) mass is 965 g/mol. The van der Waals surface area contributed by atoms with Gasteiger partial charge in [0.1, 0.15) is 36.6 Å². The van der Waals surface area contributed by atoms with E-state index in [-0.39, 0.29) is 49.7 Å². The molecule has 8 N–H and O–H groups in total. The summed E-state index contributed by atoms with van der Waals surface area (Å²) in [5, 5.41) is 84.4. The maximum absolute atomic E-state index is 14.0. The fourth-order valence-electron chi connectivity index (χ4n) is 10.9. The van der Waals surface area contributed by atoms with Crippen molar-refractivity contribution in [3.05, 3.63) is 35.9 Å². The first kappa shape index (κ1) is 54.0. The number of aliphatic hydroxyl groups is 5. The first-order chi connectivity index (χ1) is 32.1. The van der Waals surface area contributed by atoms with E-state index in [0.29, 0.717) is 12.8 Å². The van der Waals surface area contributed by atoms with Crippen molar-refractivity contribution in [2.24, 2.45) is 23.7 Å². The highest BCUT2D eigenvalue weighted by Crippen LogP contribution is 2.41. The number of aliphatic hydroxyl groups excluding tert-OH is 5. The lowest BCUT2D eigenvalue weighted by Gasteiger charge is -2.49. The zero-order chi connectivity index (χ0) is 49.7. The van der Waals surface area contributed by atoms with Crippen LogP contribution in [0.2, 0.25) is 0 Å². The van der Waals surface area contributed by atoms with E-state index >= 15 is 0 Å². The summed E-state index contributed by atoms with van der Waals surface area (Å²) in [4.78, 5) is 53.9. The van der Waals surface area contributed by atoms with Gasteiger partial charge in [-0.15, -0.1) is 10.3 Å². The summed E-state index contributed by atoms with van der Waals surface area (Å²) < 4.78 is 37.3. The van der Waals surface area contributed by atoms with Crippen molar-refractivity contribution in [3.63, 3.8) is 0 Å². The molecule has 3 aliphatic heterocycles. The number of benzene rings is 1. The molecule has 5 aliphatic rings. The zero-order valence-corrected chi connectivity index (χ0v) is 40.0. The minimum atomic E-state index is -1.71. The molecule has 2 amide bonds. The van der Waals surface area contributed by atoms with E-state index in [0.717, 1.165) is 37.2 Å². The van der Waals surface area contributed by atoms with Gasteiger partial charge in [0, 0.05) is 36.0 Å².